The molecule has 0 unspecified atom stereocenters. The lowest BCUT2D eigenvalue weighted by Crippen LogP contribution is -2.33. The summed E-state index contributed by atoms with van der Waals surface area (Å²) in [6.45, 7) is 2.29. The molecule has 0 aromatic heterocycles. The Morgan fingerprint density at radius 1 is 1.40 bits per heavy atom. The Labute approximate surface area is 119 Å². The predicted molar refractivity (Wildman–Crippen MR) is 81.4 cm³/mol. The van der Waals surface area contributed by atoms with Crippen LogP contribution >= 0.6 is 0 Å². The van der Waals surface area contributed by atoms with Gasteiger partial charge in [-0.05, 0) is 25.6 Å². The summed E-state index contributed by atoms with van der Waals surface area (Å²) in [4.78, 5) is 13.6. The van der Waals surface area contributed by atoms with E-state index in [4.69, 9.17) is 5.73 Å². The third kappa shape index (κ3) is 5.58. The minimum absolute atomic E-state index is 0.0310. The van der Waals surface area contributed by atoms with Gasteiger partial charge in [0.05, 0.1) is 23.7 Å². The molecular weight excluding hydrogens is 278 g/mol. The van der Waals surface area contributed by atoms with Gasteiger partial charge in [-0.3, -0.25) is 9.69 Å². The summed E-state index contributed by atoms with van der Waals surface area (Å²) >= 11 is 0. The van der Waals surface area contributed by atoms with E-state index in [2.05, 4.69) is 5.32 Å². The Morgan fingerprint density at radius 3 is 2.60 bits per heavy atom. The predicted octanol–water partition coefficient (Wildman–Crippen LogP) is 0.492. The fourth-order valence-corrected chi connectivity index (χ4v) is 2.33. The maximum atomic E-state index is 11.9. The van der Waals surface area contributed by atoms with E-state index in [1.165, 1.54) is 6.26 Å². The number of hydrogen-bond acceptors (Lipinski definition) is 5. The number of nitrogens with one attached hydrogen (secondary N) is 1. The van der Waals surface area contributed by atoms with Crippen LogP contribution in [0.5, 0.6) is 0 Å². The first-order valence-corrected chi connectivity index (χ1v) is 8.26. The van der Waals surface area contributed by atoms with Crippen molar-refractivity contribution >= 4 is 27.1 Å². The smallest absolute Gasteiger partial charge is 0.238 e. The molecule has 20 heavy (non-hydrogen) atoms. The SMILES string of the molecule is Cc1cccc(N)c1NC(=O)CN(C)CCS(C)(=O)=O. The van der Waals surface area contributed by atoms with Crippen LogP contribution in [0.4, 0.5) is 11.4 Å². The molecule has 0 atom stereocenters. The number of hydrogen-bond donors (Lipinski definition) is 2. The van der Waals surface area contributed by atoms with Gasteiger partial charge in [-0.1, -0.05) is 12.1 Å². The number of aryl methyl sites for hydroxylation is 1. The van der Waals surface area contributed by atoms with E-state index in [0.29, 0.717) is 17.9 Å². The number of likely N-dealkylation sites (N-methyl/N-ethyl adjacent to an activating group) is 1. The molecule has 0 aliphatic heterocycles. The number of nitrogen functional groups attached to an aromatic ring is 1. The third-order valence-corrected chi connectivity index (χ3v) is 3.75. The van der Waals surface area contributed by atoms with Crippen LogP contribution in [0.15, 0.2) is 18.2 Å². The van der Waals surface area contributed by atoms with E-state index >= 15 is 0 Å². The van der Waals surface area contributed by atoms with Gasteiger partial charge in [0.25, 0.3) is 0 Å². The standard InChI is InChI=1S/C13H21N3O3S/c1-10-5-4-6-11(14)13(10)15-12(17)9-16(2)7-8-20(3,18)19/h4-6H,7-9,14H2,1-3H3,(H,15,17). The van der Waals surface area contributed by atoms with Crippen LogP contribution in [0.3, 0.4) is 0 Å². The molecule has 0 radical (unpaired) electrons. The van der Waals surface area contributed by atoms with Gasteiger partial charge in [0, 0.05) is 12.8 Å². The first-order valence-electron chi connectivity index (χ1n) is 6.20. The van der Waals surface area contributed by atoms with E-state index in [-0.39, 0.29) is 18.2 Å². The average Bonchev–Trinajstić information content (AvgIpc) is 2.31. The lowest BCUT2D eigenvalue weighted by Gasteiger charge is -2.17. The van der Waals surface area contributed by atoms with E-state index in [1.807, 2.05) is 19.1 Å². The molecule has 0 saturated heterocycles. The molecule has 0 aliphatic rings. The minimum Gasteiger partial charge on any atom is -0.397 e. The van der Waals surface area contributed by atoms with Crippen LogP contribution in [-0.2, 0) is 14.6 Å². The van der Waals surface area contributed by atoms with Gasteiger partial charge >= 0.3 is 0 Å². The highest BCUT2D eigenvalue weighted by Gasteiger charge is 2.11. The van der Waals surface area contributed by atoms with Gasteiger partial charge in [0.2, 0.25) is 5.91 Å². The molecule has 1 aromatic carbocycles. The Morgan fingerprint density at radius 2 is 2.05 bits per heavy atom. The maximum absolute atomic E-state index is 11.9. The number of nitrogens with zero attached hydrogens (tertiary/aromatic N) is 1. The van der Waals surface area contributed by atoms with Crippen molar-refractivity contribution in [2.45, 2.75) is 6.92 Å². The van der Waals surface area contributed by atoms with Gasteiger partial charge in [-0.2, -0.15) is 0 Å². The van der Waals surface area contributed by atoms with Crippen molar-refractivity contribution in [1.29, 1.82) is 0 Å². The number of rotatable bonds is 6. The Kier molecular flexibility index (Phi) is 5.52. The highest BCUT2D eigenvalue weighted by atomic mass is 32.2. The van der Waals surface area contributed by atoms with Crippen molar-refractivity contribution in [3.63, 3.8) is 0 Å². The van der Waals surface area contributed by atoms with E-state index in [9.17, 15) is 13.2 Å². The Hall–Kier alpha value is -1.60. The highest BCUT2D eigenvalue weighted by Crippen LogP contribution is 2.22. The van der Waals surface area contributed by atoms with Crippen molar-refractivity contribution in [2.75, 3.05) is 43.2 Å². The van der Waals surface area contributed by atoms with Crippen LogP contribution in [0.25, 0.3) is 0 Å². The fourth-order valence-electron chi connectivity index (χ4n) is 1.69. The number of para-hydroxylation sites is 1. The summed E-state index contributed by atoms with van der Waals surface area (Å²) in [5.41, 5.74) is 7.81. The summed E-state index contributed by atoms with van der Waals surface area (Å²) in [7, 11) is -1.32. The Balaban J connectivity index is 2.56. The van der Waals surface area contributed by atoms with E-state index in [1.54, 1.807) is 18.0 Å². The van der Waals surface area contributed by atoms with Crippen molar-refractivity contribution in [3.8, 4) is 0 Å². The molecule has 1 rings (SSSR count). The molecular formula is C13H21N3O3S. The average molecular weight is 299 g/mol. The maximum Gasteiger partial charge on any atom is 0.238 e. The number of amides is 1. The second-order valence-electron chi connectivity index (χ2n) is 4.95. The summed E-state index contributed by atoms with van der Waals surface area (Å²) in [6, 6.07) is 5.40. The first kappa shape index (κ1) is 16.5. The third-order valence-electron chi connectivity index (χ3n) is 2.83. The highest BCUT2D eigenvalue weighted by molar-refractivity contribution is 7.90. The van der Waals surface area contributed by atoms with Crippen molar-refractivity contribution in [1.82, 2.24) is 4.90 Å². The summed E-state index contributed by atoms with van der Waals surface area (Å²) in [6.07, 6.45) is 1.18. The van der Waals surface area contributed by atoms with Crippen LogP contribution < -0.4 is 11.1 Å². The molecule has 0 heterocycles. The summed E-state index contributed by atoms with van der Waals surface area (Å²) in [5, 5.41) is 2.75. The largest absolute Gasteiger partial charge is 0.397 e. The molecule has 7 heteroatoms. The van der Waals surface area contributed by atoms with Gasteiger partial charge in [-0.25, -0.2) is 8.42 Å². The van der Waals surface area contributed by atoms with Gasteiger partial charge < -0.3 is 11.1 Å². The van der Waals surface area contributed by atoms with E-state index in [0.717, 1.165) is 5.56 Å². The van der Waals surface area contributed by atoms with E-state index < -0.39 is 9.84 Å². The van der Waals surface area contributed by atoms with Crippen molar-refractivity contribution in [2.24, 2.45) is 0 Å². The van der Waals surface area contributed by atoms with Crippen LogP contribution in [0.2, 0.25) is 0 Å². The summed E-state index contributed by atoms with van der Waals surface area (Å²) < 4.78 is 22.1. The molecule has 1 aromatic rings. The van der Waals surface area contributed by atoms with Crippen LogP contribution in [0.1, 0.15) is 5.56 Å². The number of anilines is 2. The molecule has 0 fully saturated rings. The van der Waals surface area contributed by atoms with Gasteiger partial charge in [0.15, 0.2) is 0 Å². The van der Waals surface area contributed by atoms with Crippen molar-refractivity contribution in [3.05, 3.63) is 23.8 Å². The molecule has 0 aliphatic carbocycles. The number of sulfone groups is 1. The van der Waals surface area contributed by atoms with Gasteiger partial charge in [-0.15, -0.1) is 0 Å². The second-order valence-corrected chi connectivity index (χ2v) is 7.21. The number of benzene rings is 1. The zero-order chi connectivity index (χ0) is 15.3. The molecule has 0 spiro atoms. The molecule has 1 amide bonds. The molecule has 112 valence electrons. The molecule has 0 saturated carbocycles. The Bertz CT molecular complexity index is 564. The quantitative estimate of drug-likeness (QED) is 0.746. The zero-order valence-corrected chi connectivity index (χ0v) is 12.8. The summed E-state index contributed by atoms with van der Waals surface area (Å²) in [5.74, 6) is -0.189. The normalized spacial score (nSPS) is 11.6. The molecule has 6 nitrogen and oxygen atoms in total. The van der Waals surface area contributed by atoms with Crippen molar-refractivity contribution < 1.29 is 13.2 Å². The fraction of sp³-hybridized carbons (Fsp3) is 0.462. The monoisotopic (exact) mass is 299 g/mol. The minimum atomic E-state index is -3.02. The lowest BCUT2D eigenvalue weighted by molar-refractivity contribution is -0.117. The molecule has 3 N–H and O–H groups in total. The lowest BCUT2D eigenvalue weighted by atomic mass is 10.1. The number of carbonyl (C=O) groups excluding carboxylic acids is 1. The number of carbonyl (C=O) groups is 1. The van der Waals surface area contributed by atoms with Gasteiger partial charge in [0.1, 0.15) is 9.84 Å². The van der Waals surface area contributed by atoms with Crippen LogP contribution in [-0.4, -0.2) is 51.4 Å². The van der Waals surface area contributed by atoms with Crippen LogP contribution in [0, 0.1) is 6.92 Å². The molecule has 0 bridgehead atoms. The zero-order valence-electron chi connectivity index (χ0n) is 12.0. The first-order chi connectivity index (χ1) is 9.19. The number of nitrogens with two attached hydrogens (primary N) is 1. The second kappa shape index (κ2) is 6.71. The topological polar surface area (TPSA) is 92.5 Å².